The average molecular weight is 437 g/mol. The van der Waals surface area contributed by atoms with Gasteiger partial charge < -0.3 is 4.74 Å². The van der Waals surface area contributed by atoms with Crippen LogP contribution in [-0.4, -0.2) is 42.2 Å². The molecule has 0 saturated carbocycles. The van der Waals surface area contributed by atoms with Crippen molar-refractivity contribution in [3.05, 3.63) is 73.2 Å². The standard InChI is InChI=1S/C23H28N6O3/c1-14-8-7-9-18(12-14)13-28-19-20(24-22(28)29-17(4)15(2)16(3)25-29)26(5)23(31)27(21(19)30)10-11-32-6/h7-9,12H,10-11,13H2,1-6H3. The van der Waals surface area contributed by atoms with Gasteiger partial charge in [-0.1, -0.05) is 29.8 Å². The van der Waals surface area contributed by atoms with Crippen molar-refractivity contribution < 1.29 is 4.74 Å². The summed E-state index contributed by atoms with van der Waals surface area (Å²) < 4.78 is 11.3. The van der Waals surface area contributed by atoms with Crippen molar-refractivity contribution in [2.75, 3.05) is 13.7 Å². The quantitative estimate of drug-likeness (QED) is 0.461. The second-order valence-corrected chi connectivity index (χ2v) is 8.16. The highest BCUT2D eigenvalue weighted by atomic mass is 16.5. The Labute approximate surface area is 185 Å². The van der Waals surface area contributed by atoms with Crippen molar-refractivity contribution in [3.63, 3.8) is 0 Å². The lowest BCUT2D eigenvalue weighted by molar-refractivity contribution is 0.184. The third kappa shape index (κ3) is 3.48. The highest BCUT2D eigenvalue weighted by Gasteiger charge is 2.23. The molecule has 0 fully saturated rings. The van der Waals surface area contributed by atoms with E-state index in [1.54, 1.807) is 18.8 Å². The fourth-order valence-corrected chi connectivity index (χ4v) is 3.96. The molecule has 0 atom stereocenters. The van der Waals surface area contributed by atoms with Crippen LogP contribution in [0.4, 0.5) is 0 Å². The predicted octanol–water partition coefficient (Wildman–Crippen LogP) is 2.01. The monoisotopic (exact) mass is 436 g/mol. The van der Waals surface area contributed by atoms with Crippen molar-refractivity contribution in [1.29, 1.82) is 0 Å². The SMILES string of the molecule is COCCn1c(=O)c2c(nc(-n3nc(C)c(C)c3C)n2Cc2cccc(C)c2)n(C)c1=O. The van der Waals surface area contributed by atoms with Crippen LogP contribution in [-0.2, 0) is 24.9 Å². The van der Waals surface area contributed by atoms with E-state index in [-0.39, 0.29) is 18.7 Å². The first-order valence-electron chi connectivity index (χ1n) is 10.5. The first-order chi connectivity index (χ1) is 15.2. The number of methoxy groups -OCH3 is 1. The Balaban J connectivity index is 2.07. The summed E-state index contributed by atoms with van der Waals surface area (Å²) in [7, 11) is 3.17. The molecule has 0 aliphatic carbocycles. The second-order valence-electron chi connectivity index (χ2n) is 8.16. The molecule has 0 radical (unpaired) electrons. The number of ether oxygens (including phenoxy) is 1. The zero-order chi connectivity index (χ0) is 23.2. The van der Waals surface area contributed by atoms with Gasteiger partial charge in [-0.05, 0) is 38.8 Å². The molecule has 4 rings (SSSR count). The van der Waals surface area contributed by atoms with Crippen molar-refractivity contribution in [3.8, 4) is 5.95 Å². The van der Waals surface area contributed by atoms with Crippen molar-refractivity contribution in [2.45, 2.75) is 40.8 Å². The second kappa shape index (κ2) is 8.23. The molecular weight excluding hydrogens is 408 g/mol. The van der Waals surface area contributed by atoms with Gasteiger partial charge in [-0.25, -0.2) is 9.48 Å². The summed E-state index contributed by atoms with van der Waals surface area (Å²) >= 11 is 0. The molecule has 32 heavy (non-hydrogen) atoms. The van der Waals surface area contributed by atoms with Crippen LogP contribution in [0.25, 0.3) is 17.1 Å². The maximum absolute atomic E-state index is 13.5. The molecular formula is C23H28N6O3. The zero-order valence-electron chi connectivity index (χ0n) is 19.3. The fourth-order valence-electron chi connectivity index (χ4n) is 3.96. The number of hydrogen-bond acceptors (Lipinski definition) is 5. The largest absolute Gasteiger partial charge is 0.383 e. The fraction of sp³-hybridized carbons (Fsp3) is 0.391. The van der Waals surface area contributed by atoms with Gasteiger partial charge in [0.1, 0.15) is 0 Å². The Kier molecular flexibility index (Phi) is 5.60. The summed E-state index contributed by atoms with van der Waals surface area (Å²) in [6.07, 6.45) is 0. The van der Waals surface area contributed by atoms with E-state index >= 15 is 0 Å². The van der Waals surface area contributed by atoms with E-state index in [2.05, 4.69) is 11.2 Å². The molecule has 1 aromatic carbocycles. The lowest BCUT2D eigenvalue weighted by atomic mass is 10.1. The minimum absolute atomic E-state index is 0.169. The molecule has 0 aliphatic heterocycles. The number of aryl methyl sites for hydroxylation is 3. The van der Waals surface area contributed by atoms with Crippen LogP contribution in [0, 0.1) is 27.7 Å². The van der Waals surface area contributed by atoms with Crippen LogP contribution in [0.3, 0.4) is 0 Å². The number of aromatic nitrogens is 6. The van der Waals surface area contributed by atoms with E-state index in [1.807, 2.05) is 50.5 Å². The molecule has 3 heterocycles. The Morgan fingerprint density at radius 3 is 2.44 bits per heavy atom. The summed E-state index contributed by atoms with van der Waals surface area (Å²) in [5, 5.41) is 4.67. The molecule has 9 heteroatoms. The lowest BCUT2D eigenvalue weighted by Gasteiger charge is -2.12. The smallest absolute Gasteiger partial charge is 0.332 e. The molecule has 3 aromatic heterocycles. The third-order valence-corrected chi connectivity index (χ3v) is 6.00. The summed E-state index contributed by atoms with van der Waals surface area (Å²) in [5.74, 6) is 0.506. The van der Waals surface area contributed by atoms with Gasteiger partial charge in [0.05, 0.1) is 25.4 Å². The summed E-state index contributed by atoms with van der Waals surface area (Å²) in [4.78, 5) is 31.1. The number of imidazole rings is 1. The highest BCUT2D eigenvalue weighted by Crippen LogP contribution is 2.21. The summed E-state index contributed by atoms with van der Waals surface area (Å²) in [5.41, 5.74) is 4.94. The number of benzene rings is 1. The van der Waals surface area contributed by atoms with E-state index in [0.717, 1.165) is 28.1 Å². The van der Waals surface area contributed by atoms with Gasteiger partial charge in [0.15, 0.2) is 11.2 Å². The molecule has 0 aliphatic rings. The van der Waals surface area contributed by atoms with Crippen LogP contribution < -0.4 is 11.2 Å². The molecule has 0 amide bonds. The Hall–Kier alpha value is -3.46. The van der Waals surface area contributed by atoms with Gasteiger partial charge in [0, 0.05) is 19.9 Å². The van der Waals surface area contributed by atoms with Crippen LogP contribution in [0.2, 0.25) is 0 Å². The Morgan fingerprint density at radius 1 is 1.06 bits per heavy atom. The van der Waals surface area contributed by atoms with E-state index in [1.165, 1.54) is 9.13 Å². The van der Waals surface area contributed by atoms with Crippen molar-refractivity contribution >= 4 is 11.2 Å². The van der Waals surface area contributed by atoms with Crippen LogP contribution in [0.15, 0.2) is 33.9 Å². The van der Waals surface area contributed by atoms with Gasteiger partial charge >= 0.3 is 5.69 Å². The number of hydrogen-bond donors (Lipinski definition) is 0. The molecule has 4 aromatic rings. The molecule has 168 valence electrons. The van der Waals surface area contributed by atoms with Gasteiger partial charge in [-0.15, -0.1) is 0 Å². The topological polar surface area (TPSA) is 88.9 Å². The molecule has 0 spiro atoms. The predicted molar refractivity (Wildman–Crippen MR) is 123 cm³/mol. The lowest BCUT2D eigenvalue weighted by Crippen LogP contribution is -2.40. The van der Waals surface area contributed by atoms with Crippen LogP contribution >= 0.6 is 0 Å². The molecule has 0 unspecified atom stereocenters. The minimum atomic E-state index is -0.421. The molecule has 0 saturated heterocycles. The maximum atomic E-state index is 13.5. The van der Waals surface area contributed by atoms with Crippen LogP contribution in [0.5, 0.6) is 0 Å². The van der Waals surface area contributed by atoms with E-state index in [4.69, 9.17) is 9.72 Å². The first-order valence-corrected chi connectivity index (χ1v) is 10.5. The van der Waals surface area contributed by atoms with E-state index in [9.17, 15) is 9.59 Å². The highest BCUT2D eigenvalue weighted by molar-refractivity contribution is 5.73. The minimum Gasteiger partial charge on any atom is -0.383 e. The average Bonchev–Trinajstić information content (AvgIpc) is 3.25. The van der Waals surface area contributed by atoms with Gasteiger partial charge in [0.2, 0.25) is 5.95 Å². The molecule has 0 bridgehead atoms. The van der Waals surface area contributed by atoms with Crippen molar-refractivity contribution in [1.82, 2.24) is 28.5 Å². The normalized spacial score (nSPS) is 11.6. The van der Waals surface area contributed by atoms with E-state index < -0.39 is 5.69 Å². The molecule has 0 N–H and O–H groups in total. The van der Waals surface area contributed by atoms with Crippen molar-refractivity contribution in [2.24, 2.45) is 7.05 Å². The number of nitrogens with zero attached hydrogens (tertiary/aromatic N) is 6. The number of fused-ring (bicyclic) bond motifs is 1. The Morgan fingerprint density at radius 2 is 1.81 bits per heavy atom. The van der Waals surface area contributed by atoms with Gasteiger partial charge in [0.25, 0.3) is 5.56 Å². The zero-order valence-corrected chi connectivity index (χ0v) is 19.3. The van der Waals surface area contributed by atoms with Crippen LogP contribution in [0.1, 0.15) is 28.1 Å². The maximum Gasteiger partial charge on any atom is 0.332 e. The Bertz CT molecular complexity index is 1440. The molecule has 9 nitrogen and oxygen atoms in total. The van der Waals surface area contributed by atoms with E-state index in [0.29, 0.717) is 23.7 Å². The first kappa shape index (κ1) is 21.8. The summed E-state index contributed by atoms with van der Waals surface area (Å²) in [6, 6.07) is 8.11. The van der Waals surface area contributed by atoms with Gasteiger partial charge in [-0.3, -0.25) is 18.5 Å². The number of rotatable bonds is 6. The summed E-state index contributed by atoms with van der Waals surface area (Å²) in [6.45, 7) is 8.81. The third-order valence-electron chi connectivity index (χ3n) is 6.00. The van der Waals surface area contributed by atoms with Gasteiger partial charge in [-0.2, -0.15) is 10.1 Å².